The van der Waals surface area contributed by atoms with Gasteiger partial charge in [-0.25, -0.2) is 0 Å². The number of hydrogen-bond donors (Lipinski definition) is 0. The highest BCUT2D eigenvalue weighted by Crippen LogP contribution is 2.22. The van der Waals surface area contributed by atoms with Crippen LogP contribution < -0.4 is 0 Å². The normalized spacial score (nSPS) is 29.4. The van der Waals surface area contributed by atoms with Crippen LogP contribution in [0.25, 0.3) is 0 Å². The fourth-order valence-electron chi connectivity index (χ4n) is 1.70. The quantitative estimate of drug-likeness (QED) is 0.709. The van der Waals surface area contributed by atoms with Gasteiger partial charge in [0.05, 0.1) is 6.61 Å². The van der Waals surface area contributed by atoms with Crippen LogP contribution in [0.4, 0.5) is 13.2 Å². The third kappa shape index (κ3) is 5.04. The minimum Gasteiger partial charge on any atom is -0.301 e. The minimum atomic E-state index is -4.52. The predicted molar refractivity (Wildman–Crippen MR) is 51.9 cm³/mol. The number of likely N-dealkylation sites (tertiary alicyclic amines) is 1. The molecule has 0 amide bonds. The summed E-state index contributed by atoms with van der Waals surface area (Å²) < 4.78 is 38.8. The Morgan fingerprint density at radius 1 is 1.47 bits per heavy atom. The van der Waals surface area contributed by atoms with Gasteiger partial charge in [-0.1, -0.05) is 6.92 Å². The highest BCUT2D eigenvalue weighted by molar-refractivity contribution is 6.20. The SMILES string of the molecule is CC1CN(CCOC(F)(F)F)CCC1Cl. The van der Waals surface area contributed by atoms with Gasteiger partial charge in [-0.05, 0) is 18.9 Å². The van der Waals surface area contributed by atoms with Gasteiger partial charge in [-0.2, -0.15) is 0 Å². The Morgan fingerprint density at radius 3 is 2.67 bits per heavy atom. The Hall–Kier alpha value is -0.0000000000000000555. The summed E-state index contributed by atoms with van der Waals surface area (Å²) in [6.07, 6.45) is -3.69. The lowest BCUT2D eigenvalue weighted by Crippen LogP contribution is -2.41. The number of hydrogen-bond acceptors (Lipinski definition) is 2. The Kier molecular flexibility index (Phi) is 4.67. The van der Waals surface area contributed by atoms with Crippen LogP contribution in [-0.2, 0) is 4.74 Å². The van der Waals surface area contributed by atoms with Crippen molar-refractivity contribution in [3.63, 3.8) is 0 Å². The van der Waals surface area contributed by atoms with E-state index in [-0.39, 0.29) is 12.0 Å². The van der Waals surface area contributed by atoms with Gasteiger partial charge in [0.25, 0.3) is 0 Å². The van der Waals surface area contributed by atoms with Gasteiger partial charge < -0.3 is 4.90 Å². The first-order valence-electron chi connectivity index (χ1n) is 4.95. The molecule has 2 nitrogen and oxygen atoms in total. The molecule has 0 aromatic heterocycles. The minimum absolute atomic E-state index is 0.143. The molecule has 1 saturated heterocycles. The van der Waals surface area contributed by atoms with Crippen LogP contribution in [0.5, 0.6) is 0 Å². The summed E-state index contributed by atoms with van der Waals surface area (Å²) in [5, 5.41) is 0.143. The molecule has 0 N–H and O–H groups in total. The van der Waals surface area contributed by atoms with Gasteiger partial charge in [0.1, 0.15) is 0 Å². The monoisotopic (exact) mass is 245 g/mol. The van der Waals surface area contributed by atoms with Crippen molar-refractivity contribution in [2.24, 2.45) is 5.92 Å². The average Bonchev–Trinajstić information content (AvgIpc) is 2.09. The lowest BCUT2D eigenvalue weighted by Gasteiger charge is -2.33. The second kappa shape index (κ2) is 5.37. The highest BCUT2D eigenvalue weighted by Gasteiger charge is 2.30. The maximum Gasteiger partial charge on any atom is 0.522 e. The molecule has 0 aliphatic carbocycles. The summed E-state index contributed by atoms with van der Waals surface area (Å²) >= 11 is 6.00. The standard InChI is InChI=1S/C9H15ClF3NO/c1-7-6-14(3-2-8(7)10)4-5-15-9(11,12)13/h7-8H,2-6H2,1H3. The van der Waals surface area contributed by atoms with E-state index in [9.17, 15) is 13.2 Å². The molecule has 1 rings (SSSR count). The summed E-state index contributed by atoms with van der Waals surface area (Å²) in [6.45, 7) is 3.51. The molecule has 1 aliphatic heterocycles. The zero-order valence-electron chi connectivity index (χ0n) is 8.56. The molecule has 2 unspecified atom stereocenters. The average molecular weight is 246 g/mol. The summed E-state index contributed by atoms with van der Waals surface area (Å²) in [5.74, 6) is 0.325. The molecule has 0 aromatic carbocycles. The molecule has 0 spiro atoms. The van der Waals surface area contributed by atoms with Gasteiger partial charge in [-0.15, -0.1) is 24.8 Å². The Balaban J connectivity index is 2.17. The van der Waals surface area contributed by atoms with Gasteiger partial charge in [0.15, 0.2) is 0 Å². The topological polar surface area (TPSA) is 12.5 Å². The third-order valence-corrected chi connectivity index (χ3v) is 3.21. The number of alkyl halides is 4. The van der Waals surface area contributed by atoms with Crippen molar-refractivity contribution in [3.8, 4) is 0 Å². The van der Waals surface area contributed by atoms with Gasteiger partial charge in [-0.3, -0.25) is 4.74 Å². The van der Waals surface area contributed by atoms with Crippen molar-refractivity contribution < 1.29 is 17.9 Å². The molecule has 15 heavy (non-hydrogen) atoms. The van der Waals surface area contributed by atoms with Crippen LogP contribution in [0, 0.1) is 5.92 Å². The lowest BCUT2D eigenvalue weighted by atomic mass is 10.00. The lowest BCUT2D eigenvalue weighted by molar-refractivity contribution is -0.325. The number of halogens is 4. The van der Waals surface area contributed by atoms with Crippen molar-refractivity contribution in [1.82, 2.24) is 4.90 Å². The second-order valence-electron chi connectivity index (χ2n) is 3.88. The van der Waals surface area contributed by atoms with Gasteiger partial charge in [0, 0.05) is 18.5 Å². The van der Waals surface area contributed by atoms with Crippen LogP contribution in [-0.4, -0.2) is 42.9 Å². The van der Waals surface area contributed by atoms with E-state index in [1.165, 1.54) is 0 Å². The summed E-state index contributed by atoms with van der Waals surface area (Å²) in [7, 11) is 0. The first-order valence-corrected chi connectivity index (χ1v) is 5.39. The number of rotatable bonds is 3. The van der Waals surface area contributed by atoms with E-state index in [0.717, 1.165) is 19.5 Å². The zero-order valence-corrected chi connectivity index (χ0v) is 9.31. The molecule has 6 heteroatoms. The maximum absolute atomic E-state index is 11.7. The van der Waals surface area contributed by atoms with Crippen LogP contribution in [0.2, 0.25) is 0 Å². The second-order valence-corrected chi connectivity index (χ2v) is 4.44. The first kappa shape index (κ1) is 13.1. The predicted octanol–water partition coefficient (Wildman–Crippen LogP) is 2.47. The highest BCUT2D eigenvalue weighted by atomic mass is 35.5. The van der Waals surface area contributed by atoms with Crippen LogP contribution in [0.3, 0.4) is 0 Å². The Bertz CT molecular complexity index is 200. The fourth-order valence-corrected chi connectivity index (χ4v) is 1.87. The number of ether oxygens (including phenoxy) is 1. The van der Waals surface area contributed by atoms with Gasteiger partial charge >= 0.3 is 6.36 Å². The smallest absolute Gasteiger partial charge is 0.301 e. The van der Waals surface area contributed by atoms with Crippen molar-refractivity contribution >= 4 is 11.6 Å². The van der Waals surface area contributed by atoms with E-state index in [1.807, 2.05) is 11.8 Å². The maximum atomic E-state index is 11.7. The van der Waals surface area contributed by atoms with Crippen molar-refractivity contribution in [3.05, 3.63) is 0 Å². The fraction of sp³-hybridized carbons (Fsp3) is 1.00. The van der Waals surface area contributed by atoms with Crippen molar-refractivity contribution in [2.75, 3.05) is 26.2 Å². The number of nitrogens with zero attached hydrogens (tertiary/aromatic N) is 1. The molecular weight excluding hydrogens is 231 g/mol. The zero-order chi connectivity index (χ0) is 11.5. The molecule has 1 aliphatic rings. The van der Waals surface area contributed by atoms with E-state index >= 15 is 0 Å². The van der Waals surface area contributed by atoms with Crippen molar-refractivity contribution in [1.29, 1.82) is 0 Å². The van der Waals surface area contributed by atoms with Crippen LogP contribution >= 0.6 is 11.6 Å². The largest absolute Gasteiger partial charge is 0.522 e. The molecule has 0 saturated carbocycles. The molecular formula is C9H15ClF3NO. The van der Waals surface area contributed by atoms with Crippen LogP contribution in [0.1, 0.15) is 13.3 Å². The van der Waals surface area contributed by atoms with Gasteiger partial charge in [0.2, 0.25) is 0 Å². The molecule has 0 bridgehead atoms. The molecule has 0 radical (unpaired) electrons. The summed E-state index contributed by atoms with van der Waals surface area (Å²) in [6, 6.07) is 0. The molecule has 90 valence electrons. The summed E-state index contributed by atoms with van der Waals surface area (Å²) in [5.41, 5.74) is 0. The van der Waals surface area contributed by atoms with E-state index in [2.05, 4.69) is 4.74 Å². The molecule has 2 atom stereocenters. The Morgan fingerprint density at radius 2 is 2.13 bits per heavy atom. The number of piperidine rings is 1. The van der Waals surface area contributed by atoms with E-state index in [0.29, 0.717) is 12.5 Å². The summed E-state index contributed by atoms with van der Waals surface area (Å²) in [4.78, 5) is 1.95. The van der Waals surface area contributed by atoms with Crippen molar-refractivity contribution in [2.45, 2.75) is 25.1 Å². The molecule has 1 heterocycles. The van der Waals surface area contributed by atoms with E-state index < -0.39 is 6.36 Å². The third-order valence-electron chi connectivity index (χ3n) is 2.56. The van der Waals surface area contributed by atoms with E-state index in [1.54, 1.807) is 0 Å². The first-order chi connectivity index (χ1) is 6.88. The van der Waals surface area contributed by atoms with E-state index in [4.69, 9.17) is 11.6 Å². The molecule has 1 fully saturated rings. The molecule has 0 aromatic rings. The Labute approximate surface area is 92.3 Å². The van der Waals surface area contributed by atoms with Crippen LogP contribution in [0.15, 0.2) is 0 Å².